The summed E-state index contributed by atoms with van der Waals surface area (Å²) in [5.74, 6) is -4.24. The SMILES string of the molecule is CCOC(=O)C(C(=O)O)c1ccc(Br)cc1[N+](=O)[O-]. The van der Waals surface area contributed by atoms with Crippen molar-refractivity contribution in [1.29, 1.82) is 0 Å². The Hall–Kier alpha value is -1.96. The molecular weight excluding hydrogens is 322 g/mol. The van der Waals surface area contributed by atoms with Crippen LogP contribution < -0.4 is 0 Å². The Labute approximate surface area is 116 Å². The van der Waals surface area contributed by atoms with E-state index in [1.54, 1.807) is 0 Å². The number of nitrogens with zero attached hydrogens (tertiary/aromatic N) is 1. The number of nitro benzene ring substituents is 1. The molecule has 1 unspecified atom stereocenters. The number of rotatable bonds is 5. The van der Waals surface area contributed by atoms with Gasteiger partial charge in [-0.05, 0) is 19.1 Å². The second kappa shape index (κ2) is 6.28. The predicted molar refractivity (Wildman–Crippen MR) is 67.8 cm³/mol. The van der Waals surface area contributed by atoms with Crippen LogP contribution in [0.1, 0.15) is 18.4 Å². The molecule has 1 aromatic carbocycles. The lowest BCUT2D eigenvalue weighted by Crippen LogP contribution is -2.24. The van der Waals surface area contributed by atoms with Crippen molar-refractivity contribution >= 4 is 33.6 Å². The topological polar surface area (TPSA) is 107 Å². The molecule has 7 nitrogen and oxygen atoms in total. The Bertz CT molecular complexity index is 530. The Morgan fingerprint density at radius 2 is 2.16 bits per heavy atom. The number of ether oxygens (including phenoxy) is 1. The highest BCUT2D eigenvalue weighted by Gasteiger charge is 2.35. The Kier molecular flexibility index (Phi) is 4.99. The number of esters is 1. The first-order valence-corrected chi connectivity index (χ1v) is 6.01. The number of aliphatic carboxylic acids is 1. The van der Waals surface area contributed by atoms with Crippen molar-refractivity contribution < 1.29 is 24.4 Å². The number of carbonyl (C=O) groups is 2. The van der Waals surface area contributed by atoms with Crippen LogP contribution in [-0.4, -0.2) is 28.6 Å². The number of hydrogen-bond donors (Lipinski definition) is 1. The monoisotopic (exact) mass is 331 g/mol. The average Bonchev–Trinajstić information content (AvgIpc) is 2.31. The molecule has 0 aliphatic rings. The summed E-state index contributed by atoms with van der Waals surface area (Å²) < 4.78 is 5.04. The third-order valence-electron chi connectivity index (χ3n) is 2.27. The van der Waals surface area contributed by atoms with E-state index in [-0.39, 0.29) is 12.2 Å². The van der Waals surface area contributed by atoms with Gasteiger partial charge in [0.2, 0.25) is 0 Å². The number of halogens is 1. The lowest BCUT2D eigenvalue weighted by molar-refractivity contribution is -0.385. The number of nitro groups is 1. The summed E-state index contributed by atoms with van der Waals surface area (Å²) in [4.78, 5) is 32.9. The maximum atomic E-state index is 11.6. The van der Waals surface area contributed by atoms with E-state index < -0.39 is 28.5 Å². The van der Waals surface area contributed by atoms with Crippen molar-refractivity contribution in [2.45, 2.75) is 12.8 Å². The summed E-state index contributed by atoms with van der Waals surface area (Å²) in [5.41, 5.74) is -0.658. The van der Waals surface area contributed by atoms with Crippen molar-refractivity contribution in [2.24, 2.45) is 0 Å². The van der Waals surface area contributed by atoms with Gasteiger partial charge in [0, 0.05) is 10.5 Å². The van der Waals surface area contributed by atoms with Crippen LogP contribution in [-0.2, 0) is 14.3 Å². The van der Waals surface area contributed by atoms with E-state index in [2.05, 4.69) is 20.7 Å². The summed E-state index contributed by atoms with van der Waals surface area (Å²) in [7, 11) is 0. The van der Waals surface area contributed by atoms with Crippen LogP contribution in [0.25, 0.3) is 0 Å². The Balaban J connectivity index is 3.34. The normalized spacial score (nSPS) is 11.7. The van der Waals surface area contributed by atoms with Crippen LogP contribution in [0.5, 0.6) is 0 Å². The first kappa shape index (κ1) is 15.1. The van der Waals surface area contributed by atoms with Gasteiger partial charge < -0.3 is 9.84 Å². The molecule has 0 spiro atoms. The molecule has 102 valence electrons. The Morgan fingerprint density at radius 1 is 1.53 bits per heavy atom. The largest absolute Gasteiger partial charge is 0.480 e. The molecule has 1 aromatic rings. The quantitative estimate of drug-likeness (QED) is 0.383. The molecule has 0 heterocycles. The predicted octanol–water partition coefficient (Wildman–Crippen LogP) is 2.09. The van der Waals surface area contributed by atoms with Gasteiger partial charge in [-0.25, -0.2) is 0 Å². The van der Waals surface area contributed by atoms with E-state index in [9.17, 15) is 19.7 Å². The van der Waals surface area contributed by atoms with E-state index in [4.69, 9.17) is 5.11 Å². The van der Waals surface area contributed by atoms with Gasteiger partial charge in [-0.15, -0.1) is 0 Å². The lowest BCUT2D eigenvalue weighted by atomic mass is 9.97. The van der Waals surface area contributed by atoms with Crippen LogP contribution >= 0.6 is 15.9 Å². The molecule has 0 aliphatic heterocycles. The summed E-state index contributed by atoms with van der Waals surface area (Å²) in [6.07, 6.45) is 0. The molecule has 1 rings (SSSR count). The fourth-order valence-corrected chi connectivity index (χ4v) is 1.85. The lowest BCUT2D eigenvalue weighted by Gasteiger charge is -2.12. The third kappa shape index (κ3) is 3.50. The van der Waals surface area contributed by atoms with Gasteiger partial charge in [0.15, 0.2) is 5.92 Å². The maximum absolute atomic E-state index is 11.6. The van der Waals surface area contributed by atoms with E-state index in [1.807, 2.05) is 0 Å². The van der Waals surface area contributed by atoms with E-state index in [0.717, 1.165) is 6.07 Å². The number of carboxylic acids is 1. The van der Waals surface area contributed by atoms with Gasteiger partial charge in [0.1, 0.15) is 0 Å². The van der Waals surface area contributed by atoms with Crippen molar-refractivity contribution in [3.63, 3.8) is 0 Å². The maximum Gasteiger partial charge on any atom is 0.325 e. The number of carbonyl (C=O) groups excluding carboxylic acids is 1. The first-order chi connectivity index (χ1) is 8.88. The summed E-state index contributed by atoms with van der Waals surface area (Å²) in [6.45, 7) is 1.51. The highest BCUT2D eigenvalue weighted by atomic mass is 79.9. The van der Waals surface area contributed by atoms with Gasteiger partial charge in [-0.1, -0.05) is 15.9 Å². The minimum Gasteiger partial charge on any atom is -0.480 e. The highest BCUT2D eigenvalue weighted by molar-refractivity contribution is 9.10. The summed E-state index contributed by atoms with van der Waals surface area (Å²) in [5, 5.41) is 20.0. The standard InChI is InChI=1S/C11H10BrNO6/c1-2-19-11(16)9(10(14)15)7-4-3-6(12)5-8(7)13(17)18/h3-5,9H,2H2,1H3,(H,14,15). The second-order valence-corrected chi connectivity index (χ2v) is 4.40. The zero-order valence-corrected chi connectivity index (χ0v) is 11.4. The van der Waals surface area contributed by atoms with Gasteiger partial charge in [-0.3, -0.25) is 19.7 Å². The smallest absolute Gasteiger partial charge is 0.325 e. The van der Waals surface area contributed by atoms with Crippen molar-refractivity contribution in [2.75, 3.05) is 6.61 Å². The number of carboxylic acid groups (broad SMARTS) is 1. The number of hydrogen-bond acceptors (Lipinski definition) is 5. The van der Waals surface area contributed by atoms with Crippen molar-refractivity contribution in [3.8, 4) is 0 Å². The van der Waals surface area contributed by atoms with Crippen LogP contribution in [0.2, 0.25) is 0 Å². The van der Waals surface area contributed by atoms with Crippen LogP contribution in [0.3, 0.4) is 0 Å². The van der Waals surface area contributed by atoms with E-state index >= 15 is 0 Å². The molecule has 0 bridgehead atoms. The summed E-state index contributed by atoms with van der Waals surface area (Å²) >= 11 is 3.05. The molecule has 8 heteroatoms. The molecule has 19 heavy (non-hydrogen) atoms. The van der Waals surface area contributed by atoms with Gasteiger partial charge >= 0.3 is 11.9 Å². The molecule has 0 saturated carbocycles. The van der Waals surface area contributed by atoms with E-state index in [0.29, 0.717) is 4.47 Å². The van der Waals surface area contributed by atoms with E-state index in [1.165, 1.54) is 19.1 Å². The fourth-order valence-electron chi connectivity index (χ4n) is 1.51. The molecule has 1 atom stereocenters. The van der Waals surface area contributed by atoms with Gasteiger partial charge in [0.25, 0.3) is 5.69 Å². The molecule has 0 aromatic heterocycles. The third-order valence-corrected chi connectivity index (χ3v) is 2.76. The first-order valence-electron chi connectivity index (χ1n) is 5.21. The molecule has 1 N–H and O–H groups in total. The molecule has 0 aliphatic carbocycles. The fraction of sp³-hybridized carbons (Fsp3) is 0.273. The van der Waals surface area contributed by atoms with Crippen LogP contribution in [0.15, 0.2) is 22.7 Å². The highest BCUT2D eigenvalue weighted by Crippen LogP contribution is 2.30. The van der Waals surface area contributed by atoms with Crippen molar-refractivity contribution in [3.05, 3.63) is 38.3 Å². The molecule has 0 saturated heterocycles. The average molecular weight is 332 g/mol. The van der Waals surface area contributed by atoms with Crippen molar-refractivity contribution in [1.82, 2.24) is 0 Å². The summed E-state index contributed by atoms with van der Waals surface area (Å²) in [6, 6.07) is 3.79. The van der Waals surface area contributed by atoms with Crippen LogP contribution in [0.4, 0.5) is 5.69 Å². The second-order valence-electron chi connectivity index (χ2n) is 3.48. The van der Waals surface area contributed by atoms with Gasteiger partial charge in [0.05, 0.1) is 17.1 Å². The number of benzene rings is 1. The minimum absolute atomic E-state index is 0.00700. The Morgan fingerprint density at radius 3 is 2.63 bits per heavy atom. The molecule has 0 fully saturated rings. The van der Waals surface area contributed by atoms with Crippen LogP contribution in [0, 0.1) is 10.1 Å². The zero-order chi connectivity index (χ0) is 14.6. The molecule has 0 amide bonds. The minimum atomic E-state index is -1.71. The zero-order valence-electron chi connectivity index (χ0n) is 9.83. The molecular formula is C11H10BrNO6. The molecule has 0 radical (unpaired) electrons. The van der Waals surface area contributed by atoms with Gasteiger partial charge in [-0.2, -0.15) is 0 Å².